The summed E-state index contributed by atoms with van der Waals surface area (Å²) in [7, 11) is 0. The smallest absolute Gasteiger partial charge is 0.229 e. The second-order valence-corrected chi connectivity index (χ2v) is 10.8. The van der Waals surface area contributed by atoms with Crippen LogP contribution in [0.3, 0.4) is 0 Å². The number of nitrogens with zero attached hydrogens (tertiary/aromatic N) is 3. The first-order chi connectivity index (χ1) is 16.4. The van der Waals surface area contributed by atoms with Gasteiger partial charge in [0, 0.05) is 61.4 Å². The monoisotopic (exact) mass is 466 g/mol. The predicted octanol–water partition coefficient (Wildman–Crippen LogP) is 2.18. The number of amides is 1. The van der Waals surface area contributed by atoms with Crippen LogP contribution in [0.4, 0.5) is 11.5 Å². The number of fused-ring (bicyclic) bond motifs is 1. The van der Waals surface area contributed by atoms with Crippen molar-refractivity contribution in [2.24, 2.45) is 11.3 Å². The van der Waals surface area contributed by atoms with Gasteiger partial charge in [-0.3, -0.25) is 9.69 Å². The number of carbonyl (C=O) groups is 1. The van der Waals surface area contributed by atoms with Gasteiger partial charge in [0.25, 0.3) is 0 Å². The number of aliphatic hydroxyl groups is 1. The third-order valence-corrected chi connectivity index (χ3v) is 8.66. The first kappa shape index (κ1) is 22.2. The van der Waals surface area contributed by atoms with Crippen molar-refractivity contribution >= 4 is 28.2 Å². The molecule has 8 nitrogen and oxygen atoms in total. The van der Waals surface area contributed by atoms with E-state index in [-0.39, 0.29) is 22.8 Å². The second kappa shape index (κ2) is 8.16. The van der Waals surface area contributed by atoms with Crippen LogP contribution in [0, 0.1) is 18.3 Å². The summed E-state index contributed by atoms with van der Waals surface area (Å²) >= 11 is 0. The highest BCUT2D eigenvalue weighted by atomic mass is 16.5. The molecule has 182 valence electrons. The van der Waals surface area contributed by atoms with Crippen LogP contribution < -0.4 is 10.2 Å². The highest BCUT2D eigenvalue weighted by molar-refractivity contribution is 5.97. The molecule has 1 aliphatic carbocycles. The lowest BCUT2D eigenvalue weighted by Gasteiger charge is -2.45. The third-order valence-electron chi connectivity index (χ3n) is 8.66. The van der Waals surface area contributed by atoms with Gasteiger partial charge in [-0.15, -0.1) is 0 Å². The summed E-state index contributed by atoms with van der Waals surface area (Å²) in [5, 5.41) is 15.6. The molecule has 34 heavy (non-hydrogen) atoms. The van der Waals surface area contributed by atoms with Crippen LogP contribution in [-0.4, -0.2) is 85.1 Å². The van der Waals surface area contributed by atoms with Gasteiger partial charge in [0.1, 0.15) is 5.82 Å². The molecule has 2 aromatic rings. The summed E-state index contributed by atoms with van der Waals surface area (Å²) in [6, 6.07) is 6.38. The number of aromatic nitrogens is 1. The quantitative estimate of drug-likeness (QED) is 0.714. The molecule has 4 fully saturated rings. The number of rotatable bonds is 4. The average Bonchev–Trinajstić information content (AvgIpc) is 3.14. The van der Waals surface area contributed by atoms with Crippen molar-refractivity contribution in [1.29, 1.82) is 0 Å². The fourth-order valence-corrected chi connectivity index (χ4v) is 6.11. The van der Waals surface area contributed by atoms with Gasteiger partial charge < -0.3 is 24.8 Å². The number of hydrogen-bond acceptors (Lipinski definition) is 7. The van der Waals surface area contributed by atoms with Gasteiger partial charge in [-0.2, -0.15) is 0 Å². The maximum atomic E-state index is 12.8. The summed E-state index contributed by atoms with van der Waals surface area (Å²) in [5.74, 6) is 0.719. The Hall–Kier alpha value is -2.26. The summed E-state index contributed by atoms with van der Waals surface area (Å²) in [6.07, 6.45) is 3.32. The Kier molecular flexibility index (Phi) is 5.33. The minimum absolute atomic E-state index is 0.0445. The van der Waals surface area contributed by atoms with E-state index in [0.29, 0.717) is 25.6 Å². The van der Waals surface area contributed by atoms with E-state index in [1.165, 1.54) is 11.3 Å². The van der Waals surface area contributed by atoms with Crippen molar-refractivity contribution in [1.82, 2.24) is 9.88 Å². The fourth-order valence-electron chi connectivity index (χ4n) is 6.11. The second-order valence-electron chi connectivity index (χ2n) is 10.8. The summed E-state index contributed by atoms with van der Waals surface area (Å²) in [5.41, 5.74) is 2.21. The number of pyridine rings is 1. The maximum absolute atomic E-state index is 12.8. The van der Waals surface area contributed by atoms with Gasteiger partial charge in [0.2, 0.25) is 5.91 Å². The molecule has 4 unspecified atom stereocenters. The van der Waals surface area contributed by atoms with Crippen LogP contribution in [-0.2, 0) is 14.3 Å². The van der Waals surface area contributed by atoms with Crippen molar-refractivity contribution in [3.05, 3.63) is 30.0 Å². The Morgan fingerprint density at radius 1 is 1.15 bits per heavy atom. The van der Waals surface area contributed by atoms with Gasteiger partial charge in [-0.1, -0.05) is 0 Å². The lowest BCUT2D eigenvalue weighted by atomic mass is 9.95. The van der Waals surface area contributed by atoms with E-state index in [9.17, 15) is 9.90 Å². The number of aliphatic hydroxyl groups excluding tert-OH is 1. The Morgan fingerprint density at radius 3 is 2.68 bits per heavy atom. The van der Waals surface area contributed by atoms with Crippen molar-refractivity contribution < 1.29 is 19.4 Å². The summed E-state index contributed by atoms with van der Waals surface area (Å²) in [4.78, 5) is 22.1. The summed E-state index contributed by atoms with van der Waals surface area (Å²) in [6.45, 7) is 10.3. The molecule has 3 saturated heterocycles. The molecule has 1 aromatic heterocycles. The molecule has 1 spiro atoms. The number of nitrogens with one attached hydrogen (secondary N) is 1. The number of anilines is 2. The zero-order chi connectivity index (χ0) is 23.5. The van der Waals surface area contributed by atoms with E-state index in [2.05, 4.69) is 46.1 Å². The molecule has 6 rings (SSSR count). The van der Waals surface area contributed by atoms with Crippen LogP contribution in [0.1, 0.15) is 25.3 Å². The van der Waals surface area contributed by atoms with Crippen LogP contribution in [0.15, 0.2) is 24.4 Å². The van der Waals surface area contributed by atoms with Gasteiger partial charge >= 0.3 is 0 Å². The SMILES string of the molecule is Cc1cc2cnc(NC(=O)C3CC34CCOC4)cc2cc1N1CCN(C2(C)COCC2O)CC1. The summed E-state index contributed by atoms with van der Waals surface area (Å²) < 4.78 is 11.1. The van der Waals surface area contributed by atoms with Crippen LogP contribution in [0.2, 0.25) is 0 Å². The molecule has 4 atom stereocenters. The normalized spacial score (nSPS) is 33.7. The minimum Gasteiger partial charge on any atom is -0.389 e. The zero-order valence-electron chi connectivity index (χ0n) is 20.0. The van der Waals surface area contributed by atoms with Gasteiger partial charge in [-0.05, 0) is 55.8 Å². The highest BCUT2D eigenvalue weighted by Gasteiger charge is 2.59. The Bertz CT molecular complexity index is 1110. The van der Waals surface area contributed by atoms with E-state index in [1.54, 1.807) is 0 Å². The number of benzene rings is 1. The Morgan fingerprint density at radius 2 is 1.97 bits per heavy atom. The molecule has 1 saturated carbocycles. The number of carbonyl (C=O) groups excluding carboxylic acids is 1. The van der Waals surface area contributed by atoms with Crippen molar-refractivity contribution in [3.8, 4) is 0 Å². The highest BCUT2D eigenvalue weighted by Crippen LogP contribution is 2.58. The molecular formula is C26H34N4O4. The molecule has 8 heteroatoms. The standard InChI is InChI=1S/C26H34N4O4/c1-17-9-19-13-27-23(28-24(32)20-12-26(20)3-8-33-16-26)11-18(19)10-21(17)29-4-6-30(7-5-29)25(2)15-34-14-22(25)31/h9-11,13,20,22,31H,3-8,12,14-16H2,1-2H3,(H,27,28,32). The largest absolute Gasteiger partial charge is 0.389 e. The fraction of sp³-hybridized carbons (Fsp3) is 0.615. The molecular weight excluding hydrogens is 432 g/mol. The van der Waals surface area contributed by atoms with E-state index in [0.717, 1.165) is 56.4 Å². The van der Waals surface area contributed by atoms with Crippen LogP contribution in [0.25, 0.3) is 10.8 Å². The van der Waals surface area contributed by atoms with Crippen LogP contribution >= 0.6 is 0 Å². The molecule has 0 radical (unpaired) electrons. The molecule has 1 amide bonds. The van der Waals surface area contributed by atoms with Crippen molar-refractivity contribution in [2.75, 3.05) is 62.8 Å². The van der Waals surface area contributed by atoms with E-state index < -0.39 is 6.10 Å². The topological polar surface area (TPSA) is 87.2 Å². The van der Waals surface area contributed by atoms with Gasteiger partial charge in [0.05, 0.1) is 31.5 Å². The molecule has 0 bridgehead atoms. The molecule has 3 aliphatic heterocycles. The van der Waals surface area contributed by atoms with E-state index >= 15 is 0 Å². The maximum Gasteiger partial charge on any atom is 0.229 e. The average molecular weight is 467 g/mol. The first-order valence-electron chi connectivity index (χ1n) is 12.4. The number of piperazine rings is 1. The predicted molar refractivity (Wildman–Crippen MR) is 130 cm³/mol. The number of aryl methyl sites for hydroxylation is 1. The number of hydrogen-bond donors (Lipinski definition) is 2. The first-order valence-corrected chi connectivity index (χ1v) is 12.4. The van der Waals surface area contributed by atoms with E-state index in [4.69, 9.17) is 9.47 Å². The lowest BCUT2D eigenvalue weighted by Crippen LogP contribution is -2.60. The Balaban J connectivity index is 1.16. The number of ether oxygens (including phenoxy) is 2. The Labute approximate surface area is 200 Å². The van der Waals surface area contributed by atoms with Gasteiger partial charge in [-0.25, -0.2) is 4.98 Å². The molecule has 1 aromatic carbocycles. The minimum atomic E-state index is -0.436. The van der Waals surface area contributed by atoms with E-state index in [1.807, 2.05) is 12.3 Å². The lowest BCUT2D eigenvalue weighted by molar-refractivity contribution is -0.118. The molecule has 2 N–H and O–H groups in total. The zero-order valence-corrected chi connectivity index (χ0v) is 20.0. The van der Waals surface area contributed by atoms with Crippen LogP contribution in [0.5, 0.6) is 0 Å². The molecule has 4 aliphatic rings. The van der Waals surface area contributed by atoms with Crippen molar-refractivity contribution in [3.63, 3.8) is 0 Å². The van der Waals surface area contributed by atoms with Crippen molar-refractivity contribution in [2.45, 2.75) is 38.3 Å². The molecule has 4 heterocycles. The van der Waals surface area contributed by atoms with Gasteiger partial charge in [0.15, 0.2) is 0 Å². The third kappa shape index (κ3) is 3.68.